The summed E-state index contributed by atoms with van der Waals surface area (Å²) in [6.45, 7) is 6.58. The van der Waals surface area contributed by atoms with E-state index >= 15 is 0 Å². The van der Waals surface area contributed by atoms with Gasteiger partial charge in [0.2, 0.25) is 0 Å². The van der Waals surface area contributed by atoms with Gasteiger partial charge >= 0.3 is 0 Å². The van der Waals surface area contributed by atoms with Gasteiger partial charge in [0.05, 0.1) is 6.17 Å². The van der Waals surface area contributed by atoms with E-state index in [0.29, 0.717) is 5.92 Å². The number of nitrogens with one attached hydrogen (secondary N) is 1. The summed E-state index contributed by atoms with van der Waals surface area (Å²) in [7, 11) is 0. The van der Waals surface area contributed by atoms with Crippen molar-refractivity contribution in [2.24, 2.45) is 5.92 Å². The lowest BCUT2D eigenvalue weighted by Crippen LogP contribution is -2.45. The predicted molar refractivity (Wildman–Crippen MR) is 73.3 cm³/mol. The molecule has 0 aliphatic carbocycles. The number of rotatable bonds is 4. The van der Waals surface area contributed by atoms with Gasteiger partial charge in [-0.2, -0.15) is 0 Å². The van der Waals surface area contributed by atoms with Crippen LogP contribution in [0.3, 0.4) is 0 Å². The van der Waals surface area contributed by atoms with Crippen LogP contribution in [0, 0.1) is 5.92 Å². The molecule has 2 rings (SSSR count). The first-order valence-electron chi connectivity index (χ1n) is 6.77. The lowest BCUT2D eigenvalue weighted by atomic mass is 10.2. The van der Waals surface area contributed by atoms with Crippen molar-refractivity contribution >= 4 is 5.91 Å². The van der Waals surface area contributed by atoms with Gasteiger partial charge in [-0.25, -0.2) is 0 Å². The van der Waals surface area contributed by atoms with Crippen LogP contribution in [0.5, 0.6) is 0 Å². The fraction of sp³-hybridized carbons (Fsp3) is 0.533. The molecule has 1 unspecified atom stereocenters. The van der Waals surface area contributed by atoms with Crippen molar-refractivity contribution in [1.29, 1.82) is 0 Å². The minimum atomic E-state index is 0.0382. The van der Waals surface area contributed by atoms with Gasteiger partial charge in [-0.05, 0) is 30.9 Å². The van der Waals surface area contributed by atoms with Crippen LogP contribution < -0.4 is 5.32 Å². The normalized spacial score (nSPS) is 20.3. The van der Waals surface area contributed by atoms with Gasteiger partial charge in [-0.1, -0.05) is 32.0 Å². The highest BCUT2D eigenvalue weighted by atomic mass is 16.1. The Morgan fingerprint density at radius 3 is 2.78 bits per heavy atom. The predicted octanol–water partition coefficient (Wildman–Crippen LogP) is 2.49. The molecule has 0 spiro atoms. The summed E-state index contributed by atoms with van der Waals surface area (Å²) in [5.41, 5.74) is 0.744. The van der Waals surface area contributed by atoms with Gasteiger partial charge in [-0.3, -0.25) is 9.69 Å². The standard InChI is InChI=1S/C15H22N2O/c1-12(2)11-17-10-6-9-14(17)16-15(18)13-7-4-3-5-8-13/h3-5,7-8,12,14H,6,9-11H2,1-2H3,(H,16,18). The molecular weight excluding hydrogens is 224 g/mol. The van der Waals surface area contributed by atoms with Crippen molar-refractivity contribution in [2.45, 2.75) is 32.9 Å². The van der Waals surface area contributed by atoms with E-state index in [9.17, 15) is 4.79 Å². The highest BCUT2D eigenvalue weighted by Gasteiger charge is 2.26. The molecule has 0 aromatic heterocycles. The topological polar surface area (TPSA) is 32.3 Å². The van der Waals surface area contributed by atoms with Gasteiger partial charge in [0.1, 0.15) is 0 Å². The smallest absolute Gasteiger partial charge is 0.252 e. The lowest BCUT2D eigenvalue weighted by molar-refractivity contribution is 0.0878. The Morgan fingerprint density at radius 2 is 2.11 bits per heavy atom. The number of hydrogen-bond donors (Lipinski definition) is 1. The number of nitrogens with zero attached hydrogens (tertiary/aromatic N) is 1. The molecule has 1 heterocycles. The fourth-order valence-electron chi connectivity index (χ4n) is 2.50. The molecule has 1 fully saturated rings. The van der Waals surface area contributed by atoms with Crippen LogP contribution in [0.1, 0.15) is 37.0 Å². The number of likely N-dealkylation sites (tertiary alicyclic amines) is 1. The second-order valence-electron chi connectivity index (χ2n) is 5.39. The van der Waals surface area contributed by atoms with E-state index in [1.54, 1.807) is 0 Å². The zero-order valence-corrected chi connectivity index (χ0v) is 11.2. The zero-order valence-electron chi connectivity index (χ0n) is 11.2. The van der Waals surface area contributed by atoms with E-state index < -0.39 is 0 Å². The maximum atomic E-state index is 12.1. The Bertz CT molecular complexity index is 389. The van der Waals surface area contributed by atoms with E-state index in [1.807, 2.05) is 30.3 Å². The molecule has 1 aliphatic rings. The van der Waals surface area contributed by atoms with E-state index in [-0.39, 0.29) is 12.1 Å². The average Bonchev–Trinajstić information content (AvgIpc) is 2.77. The Kier molecular flexibility index (Phi) is 4.37. The zero-order chi connectivity index (χ0) is 13.0. The molecule has 1 N–H and O–H groups in total. The van der Waals surface area contributed by atoms with Crippen LogP contribution in [-0.2, 0) is 0 Å². The quantitative estimate of drug-likeness (QED) is 0.885. The summed E-state index contributed by atoms with van der Waals surface area (Å²) in [5, 5.41) is 3.14. The minimum Gasteiger partial charge on any atom is -0.336 e. The Morgan fingerprint density at radius 1 is 1.39 bits per heavy atom. The second kappa shape index (κ2) is 6.01. The maximum Gasteiger partial charge on any atom is 0.252 e. The highest BCUT2D eigenvalue weighted by molar-refractivity contribution is 5.94. The third-order valence-corrected chi connectivity index (χ3v) is 3.30. The second-order valence-corrected chi connectivity index (χ2v) is 5.39. The number of benzene rings is 1. The molecule has 1 aromatic carbocycles. The van der Waals surface area contributed by atoms with Crippen LogP contribution in [0.25, 0.3) is 0 Å². The van der Waals surface area contributed by atoms with Crippen molar-refractivity contribution in [3.63, 3.8) is 0 Å². The first kappa shape index (κ1) is 13.1. The van der Waals surface area contributed by atoms with Gasteiger partial charge in [0, 0.05) is 18.7 Å². The van der Waals surface area contributed by atoms with Crippen LogP contribution in [0.2, 0.25) is 0 Å². The Labute approximate surface area is 109 Å². The summed E-state index contributed by atoms with van der Waals surface area (Å²) < 4.78 is 0. The highest BCUT2D eigenvalue weighted by Crippen LogP contribution is 2.17. The van der Waals surface area contributed by atoms with E-state index in [0.717, 1.165) is 25.1 Å². The van der Waals surface area contributed by atoms with E-state index in [1.165, 1.54) is 6.42 Å². The summed E-state index contributed by atoms with van der Waals surface area (Å²) in [4.78, 5) is 14.5. The fourth-order valence-corrected chi connectivity index (χ4v) is 2.50. The molecule has 1 saturated heterocycles. The Balaban J connectivity index is 1.94. The minimum absolute atomic E-state index is 0.0382. The molecule has 3 heteroatoms. The van der Waals surface area contributed by atoms with E-state index in [4.69, 9.17) is 0 Å². The molecular formula is C15H22N2O. The van der Waals surface area contributed by atoms with Crippen molar-refractivity contribution in [3.05, 3.63) is 35.9 Å². The van der Waals surface area contributed by atoms with Crippen LogP contribution in [0.15, 0.2) is 30.3 Å². The van der Waals surface area contributed by atoms with E-state index in [2.05, 4.69) is 24.1 Å². The van der Waals surface area contributed by atoms with Crippen LogP contribution >= 0.6 is 0 Å². The average molecular weight is 246 g/mol. The van der Waals surface area contributed by atoms with Crippen molar-refractivity contribution in [2.75, 3.05) is 13.1 Å². The molecule has 0 saturated carbocycles. The van der Waals surface area contributed by atoms with Crippen molar-refractivity contribution in [1.82, 2.24) is 10.2 Å². The third-order valence-electron chi connectivity index (χ3n) is 3.30. The number of hydrogen-bond acceptors (Lipinski definition) is 2. The molecule has 1 atom stereocenters. The van der Waals surface area contributed by atoms with Crippen molar-refractivity contribution in [3.8, 4) is 0 Å². The molecule has 1 aromatic rings. The van der Waals surface area contributed by atoms with Crippen LogP contribution in [-0.4, -0.2) is 30.1 Å². The number of amides is 1. The van der Waals surface area contributed by atoms with Gasteiger partial charge in [0.15, 0.2) is 0 Å². The number of carbonyl (C=O) groups excluding carboxylic acids is 1. The summed E-state index contributed by atoms with van der Waals surface area (Å²) in [6, 6.07) is 9.44. The van der Waals surface area contributed by atoms with Gasteiger partial charge < -0.3 is 5.32 Å². The first-order valence-corrected chi connectivity index (χ1v) is 6.77. The molecule has 18 heavy (non-hydrogen) atoms. The molecule has 1 amide bonds. The summed E-state index contributed by atoms with van der Waals surface area (Å²) >= 11 is 0. The van der Waals surface area contributed by atoms with Crippen LogP contribution in [0.4, 0.5) is 0 Å². The summed E-state index contributed by atoms with van der Waals surface area (Å²) in [6.07, 6.45) is 2.44. The summed E-state index contributed by atoms with van der Waals surface area (Å²) in [5.74, 6) is 0.676. The molecule has 98 valence electrons. The Hall–Kier alpha value is -1.35. The molecule has 0 bridgehead atoms. The van der Waals surface area contributed by atoms with Gasteiger partial charge in [0.25, 0.3) is 5.91 Å². The largest absolute Gasteiger partial charge is 0.336 e. The maximum absolute atomic E-state index is 12.1. The first-order chi connectivity index (χ1) is 8.66. The third kappa shape index (κ3) is 3.33. The molecule has 3 nitrogen and oxygen atoms in total. The lowest BCUT2D eigenvalue weighted by Gasteiger charge is -2.26. The molecule has 0 radical (unpaired) electrons. The monoisotopic (exact) mass is 246 g/mol. The van der Waals surface area contributed by atoms with Gasteiger partial charge in [-0.15, -0.1) is 0 Å². The van der Waals surface area contributed by atoms with Crippen molar-refractivity contribution < 1.29 is 4.79 Å². The molecule has 1 aliphatic heterocycles. The SMILES string of the molecule is CC(C)CN1CCCC1NC(=O)c1ccccc1. The number of carbonyl (C=O) groups is 1.